The molecule has 0 aromatic heterocycles. The summed E-state index contributed by atoms with van der Waals surface area (Å²) in [5.41, 5.74) is 4.02. The molecule has 0 aliphatic carbocycles. The minimum atomic E-state index is -0.569. The Kier molecular flexibility index (Phi) is 5.66. The van der Waals surface area contributed by atoms with Gasteiger partial charge in [-0.2, -0.15) is 0 Å². The van der Waals surface area contributed by atoms with Crippen molar-refractivity contribution in [2.24, 2.45) is 0 Å². The molecule has 3 aliphatic heterocycles. The molecule has 2 N–H and O–H groups in total. The average Bonchev–Trinajstić information content (AvgIpc) is 3.14. The van der Waals surface area contributed by atoms with Gasteiger partial charge in [-0.3, -0.25) is 19.7 Å². The van der Waals surface area contributed by atoms with Crippen molar-refractivity contribution in [2.75, 3.05) is 18.0 Å². The first-order valence-corrected chi connectivity index (χ1v) is 11.4. The van der Waals surface area contributed by atoms with Gasteiger partial charge in [-0.1, -0.05) is 30.3 Å². The average molecular weight is 433 g/mol. The quantitative estimate of drug-likeness (QED) is 0.708. The van der Waals surface area contributed by atoms with Gasteiger partial charge in [0, 0.05) is 49.9 Å². The summed E-state index contributed by atoms with van der Waals surface area (Å²) in [5, 5.41) is 6.04. The lowest BCUT2D eigenvalue weighted by Gasteiger charge is -2.35. The second-order valence-electron chi connectivity index (χ2n) is 8.89. The van der Waals surface area contributed by atoms with Crippen molar-refractivity contribution < 1.29 is 14.4 Å². The van der Waals surface area contributed by atoms with Crippen LogP contribution in [0.15, 0.2) is 48.5 Å². The standard InChI is InChI=1S/C25H28N4O3/c30-23-11-10-22(24(31)27-23)29-15-18-13-17(8-9-21(18)25(29)32)14-26-19-5-4-12-28(16-19)20-6-2-1-3-7-20/h1-3,6-9,13,19,22,26H,4-5,10-12,14-16H2,(H,27,30,31)/t19-,22?/m1/s1. The number of carbonyl (C=O) groups excluding carboxylic acids is 3. The second-order valence-corrected chi connectivity index (χ2v) is 8.89. The smallest absolute Gasteiger partial charge is 0.255 e. The lowest BCUT2D eigenvalue weighted by molar-refractivity contribution is -0.136. The predicted molar refractivity (Wildman–Crippen MR) is 121 cm³/mol. The molecular weight excluding hydrogens is 404 g/mol. The van der Waals surface area contributed by atoms with E-state index >= 15 is 0 Å². The van der Waals surface area contributed by atoms with E-state index in [1.165, 1.54) is 5.69 Å². The maximum atomic E-state index is 12.9. The fourth-order valence-electron chi connectivity index (χ4n) is 5.02. The topological polar surface area (TPSA) is 81.8 Å². The molecule has 7 heteroatoms. The molecule has 3 aliphatic rings. The lowest BCUT2D eigenvalue weighted by atomic mass is 10.0. The van der Waals surface area contributed by atoms with Gasteiger partial charge >= 0.3 is 0 Å². The van der Waals surface area contributed by atoms with Crippen molar-refractivity contribution in [3.8, 4) is 0 Å². The number of hydrogen-bond acceptors (Lipinski definition) is 5. The predicted octanol–water partition coefficient (Wildman–Crippen LogP) is 2.21. The largest absolute Gasteiger partial charge is 0.370 e. The van der Waals surface area contributed by atoms with E-state index in [0.29, 0.717) is 24.6 Å². The summed E-state index contributed by atoms with van der Waals surface area (Å²) in [6.07, 6.45) is 2.97. The number of amides is 3. The first-order valence-electron chi connectivity index (χ1n) is 11.4. The van der Waals surface area contributed by atoms with Crippen LogP contribution in [0.2, 0.25) is 0 Å². The van der Waals surface area contributed by atoms with E-state index in [4.69, 9.17) is 0 Å². The van der Waals surface area contributed by atoms with Crippen LogP contribution in [0.5, 0.6) is 0 Å². The van der Waals surface area contributed by atoms with Crippen LogP contribution in [0.25, 0.3) is 0 Å². The summed E-state index contributed by atoms with van der Waals surface area (Å²) in [4.78, 5) is 40.5. The van der Waals surface area contributed by atoms with Crippen molar-refractivity contribution in [1.29, 1.82) is 0 Å². The third kappa shape index (κ3) is 4.12. The Balaban J connectivity index is 1.21. The Bertz CT molecular complexity index is 1040. The number of rotatable bonds is 5. The summed E-state index contributed by atoms with van der Waals surface area (Å²) in [6.45, 7) is 3.22. The summed E-state index contributed by atoms with van der Waals surface area (Å²) >= 11 is 0. The molecule has 3 heterocycles. The van der Waals surface area contributed by atoms with Gasteiger partial charge in [0.25, 0.3) is 5.91 Å². The van der Waals surface area contributed by atoms with Crippen LogP contribution in [0, 0.1) is 0 Å². The third-order valence-electron chi connectivity index (χ3n) is 6.73. The van der Waals surface area contributed by atoms with Gasteiger partial charge in [0.2, 0.25) is 11.8 Å². The fourth-order valence-corrected chi connectivity index (χ4v) is 5.02. The van der Waals surface area contributed by atoms with Crippen LogP contribution in [0.4, 0.5) is 5.69 Å². The van der Waals surface area contributed by atoms with Gasteiger partial charge in [-0.15, -0.1) is 0 Å². The Labute approximate surface area is 187 Å². The summed E-state index contributed by atoms with van der Waals surface area (Å²) in [5.74, 6) is -0.762. The lowest BCUT2D eigenvalue weighted by Crippen LogP contribution is -2.52. The molecule has 166 valence electrons. The maximum Gasteiger partial charge on any atom is 0.255 e. The highest BCUT2D eigenvalue weighted by molar-refractivity contribution is 6.05. The van der Waals surface area contributed by atoms with Crippen LogP contribution >= 0.6 is 0 Å². The molecule has 0 bridgehead atoms. The van der Waals surface area contributed by atoms with Crippen molar-refractivity contribution in [1.82, 2.24) is 15.5 Å². The Morgan fingerprint density at radius 2 is 1.88 bits per heavy atom. The number of anilines is 1. The van der Waals surface area contributed by atoms with Crippen molar-refractivity contribution >= 4 is 23.4 Å². The Morgan fingerprint density at radius 3 is 2.69 bits per heavy atom. The number of piperidine rings is 2. The van der Waals surface area contributed by atoms with Gasteiger partial charge in [0.1, 0.15) is 6.04 Å². The molecular formula is C25H28N4O3. The number of nitrogens with zero attached hydrogens (tertiary/aromatic N) is 2. The van der Waals surface area contributed by atoms with Crippen LogP contribution in [-0.2, 0) is 22.7 Å². The number of benzene rings is 2. The molecule has 0 radical (unpaired) electrons. The first-order chi connectivity index (χ1) is 15.6. The van der Waals surface area contributed by atoms with E-state index in [1.807, 2.05) is 18.2 Å². The highest BCUT2D eigenvalue weighted by Crippen LogP contribution is 2.28. The van der Waals surface area contributed by atoms with Crippen LogP contribution in [0.1, 0.15) is 47.2 Å². The Morgan fingerprint density at radius 1 is 1.03 bits per heavy atom. The zero-order valence-electron chi connectivity index (χ0n) is 18.0. The molecule has 2 atom stereocenters. The number of carbonyl (C=O) groups is 3. The number of fused-ring (bicyclic) bond motifs is 1. The van der Waals surface area contributed by atoms with Crippen molar-refractivity contribution in [3.05, 3.63) is 65.2 Å². The molecule has 5 rings (SSSR count). The SMILES string of the molecule is O=C1CCC(N2Cc3cc(CN[C@@H]4CCCN(c5ccccc5)C4)ccc3C2=O)C(=O)N1. The summed E-state index contributed by atoms with van der Waals surface area (Å²) in [6, 6.07) is 16.3. The van der Waals surface area contributed by atoms with E-state index in [9.17, 15) is 14.4 Å². The molecule has 32 heavy (non-hydrogen) atoms. The van der Waals surface area contributed by atoms with Crippen LogP contribution in [-0.4, -0.2) is 47.8 Å². The zero-order chi connectivity index (χ0) is 22.1. The fraction of sp³-hybridized carbons (Fsp3) is 0.400. The van der Waals surface area contributed by atoms with Gasteiger partial charge < -0.3 is 15.1 Å². The Hall–Kier alpha value is -3.19. The van der Waals surface area contributed by atoms with Crippen LogP contribution < -0.4 is 15.5 Å². The summed E-state index contributed by atoms with van der Waals surface area (Å²) < 4.78 is 0. The molecule has 2 aromatic carbocycles. The first kappa shape index (κ1) is 20.7. The van der Waals surface area contributed by atoms with Gasteiger partial charge in [0.15, 0.2) is 0 Å². The van der Waals surface area contributed by atoms with Crippen molar-refractivity contribution in [3.63, 3.8) is 0 Å². The highest BCUT2D eigenvalue weighted by Gasteiger charge is 2.39. The maximum absolute atomic E-state index is 12.9. The van der Waals surface area contributed by atoms with Gasteiger partial charge in [-0.05, 0) is 48.6 Å². The molecule has 2 fully saturated rings. The minimum absolute atomic E-state index is 0.125. The molecule has 0 saturated carbocycles. The molecule has 1 unspecified atom stereocenters. The third-order valence-corrected chi connectivity index (χ3v) is 6.73. The van der Waals surface area contributed by atoms with E-state index in [2.05, 4.69) is 45.9 Å². The molecule has 2 saturated heterocycles. The summed E-state index contributed by atoms with van der Waals surface area (Å²) in [7, 11) is 0. The van der Waals surface area contributed by atoms with Gasteiger partial charge in [-0.25, -0.2) is 0 Å². The van der Waals surface area contributed by atoms with E-state index in [0.717, 1.165) is 43.6 Å². The molecule has 0 spiro atoms. The number of hydrogen-bond donors (Lipinski definition) is 2. The number of para-hydroxylation sites is 1. The van der Waals surface area contributed by atoms with E-state index in [1.54, 1.807) is 4.90 Å². The van der Waals surface area contributed by atoms with Crippen LogP contribution in [0.3, 0.4) is 0 Å². The minimum Gasteiger partial charge on any atom is -0.370 e. The van der Waals surface area contributed by atoms with Crippen molar-refractivity contribution in [2.45, 2.75) is 50.9 Å². The van der Waals surface area contributed by atoms with E-state index < -0.39 is 6.04 Å². The number of imide groups is 1. The normalized spacial score (nSPS) is 23.3. The van der Waals surface area contributed by atoms with Gasteiger partial charge in [0.05, 0.1) is 0 Å². The molecule has 2 aromatic rings. The second kappa shape index (κ2) is 8.74. The van der Waals surface area contributed by atoms with E-state index in [-0.39, 0.29) is 24.1 Å². The number of nitrogens with one attached hydrogen (secondary N) is 2. The monoisotopic (exact) mass is 432 g/mol. The highest BCUT2D eigenvalue weighted by atomic mass is 16.2. The zero-order valence-corrected chi connectivity index (χ0v) is 18.0. The molecule has 7 nitrogen and oxygen atoms in total. The molecule has 3 amide bonds.